The number of hydrogen-bond acceptors (Lipinski definition) is 3. The van der Waals surface area contributed by atoms with Crippen LogP contribution >= 0.6 is 0 Å². The van der Waals surface area contributed by atoms with Crippen LogP contribution in [0.1, 0.15) is 66.6 Å². The van der Waals surface area contributed by atoms with Crippen LogP contribution in [0.15, 0.2) is 18.2 Å². The van der Waals surface area contributed by atoms with Crippen molar-refractivity contribution in [2.75, 3.05) is 31.5 Å². The van der Waals surface area contributed by atoms with Gasteiger partial charge in [0.1, 0.15) is 5.82 Å². The molecule has 0 bridgehead atoms. The Morgan fingerprint density at radius 3 is 2.56 bits per heavy atom. The largest absolute Gasteiger partial charge is 0.351 e. The molecule has 0 radical (unpaired) electrons. The van der Waals surface area contributed by atoms with Crippen LogP contribution in [-0.4, -0.2) is 47.5 Å². The first-order chi connectivity index (χ1) is 15.2. The van der Waals surface area contributed by atoms with Gasteiger partial charge in [0.25, 0.3) is 11.8 Å². The number of hydrogen-bond donors (Lipinski definition) is 2. The van der Waals surface area contributed by atoms with Crippen molar-refractivity contribution in [1.82, 2.24) is 14.8 Å². The van der Waals surface area contributed by atoms with Crippen molar-refractivity contribution in [3.63, 3.8) is 0 Å². The molecule has 1 aliphatic rings. The molecule has 1 aliphatic heterocycles. The molecule has 3 rings (SSSR count). The van der Waals surface area contributed by atoms with E-state index < -0.39 is 5.82 Å². The van der Waals surface area contributed by atoms with Crippen molar-refractivity contribution >= 4 is 29.2 Å². The fraction of sp³-hybridized carbons (Fsp3) is 0.440. The lowest BCUT2D eigenvalue weighted by atomic mass is 10.0. The summed E-state index contributed by atoms with van der Waals surface area (Å²) in [6.07, 6.45) is 1.77. The molecule has 32 heavy (non-hydrogen) atoms. The quantitative estimate of drug-likeness (QED) is 0.599. The summed E-state index contributed by atoms with van der Waals surface area (Å²) < 4.78 is 15.9. The monoisotopic (exact) mass is 440 g/mol. The molecule has 0 unspecified atom stereocenters. The summed E-state index contributed by atoms with van der Waals surface area (Å²) in [5, 5.41) is 5.83. The smallest absolute Gasteiger partial charge is 0.256 e. The molecular formula is C25H33FN4O2. The number of fused-ring (bicyclic) bond motifs is 1. The van der Waals surface area contributed by atoms with Crippen LogP contribution in [0.5, 0.6) is 0 Å². The van der Waals surface area contributed by atoms with Crippen molar-refractivity contribution in [1.29, 1.82) is 0 Å². The van der Waals surface area contributed by atoms with Crippen LogP contribution in [0, 0.1) is 19.7 Å². The van der Waals surface area contributed by atoms with Gasteiger partial charge in [-0.1, -0.05) is 13.8 Å². The van der Waals surface area contributed by atoms with Gasteiger partial charge in [0, 0.05) is 41.8 Å². The highest BCUT2D eigenvalue weighted by atomic mass is 19.1. The Balaban J connectivity index is 2.00. The van der Waals surface area contributed by atoms with E-state index >= 15 is 0 Å². The maximum absolute atomic E-state index is 13.9. The molecule has 0 aliphatic carbocycles. The second kappa shape index (κ2) is 9.69. The SMILES string of the molecule is CCN(CC)CCNC(=O)c1c(C)c(/C=C2\C(=O)Nc3ccc(F)cc32)n(C(C)C)c1C. The molecule has 1 aromatic carbocycles. The number of amides is 2. The number of nitrogens with one attached hydrogen (secondary N) is 2. The predicted octanol–water partition coefficient (Wildman–Crippen LogP) is 4.39. The predicted molar refractivity (Wildman–Crippen MR) is 127 cm³/mol. The van der Waals surface area contributed by atoms with E-state index in [1.165, 1.54) is 12.1 Å². The number of aromatic nitrogens is 1. The molecule has 0 saturated carbocycles. The minimum Gasteiger partial charge on any atom is -0.351 e. The lowest BCUT2D eigenvalue weighted by Gasteiger charge is -2.18. The summed E-state index contributed by atoms with van der Waals surface area (Å²) >= 11 is 0. The van der Waals surface area contributed by atoms with E-state index in [0.717, 1.165) is 36.6 Å². The van der Waals surface area contributed by atoms with Crippen LogP contribution in [0.25, 0.3) is 11.6 Å². The molecular weight excluding hydrogens is 407 g/mol. The number of carbonyl (C=O) groups is 2. The summed E-state index contributed by atoms with van der Waals surface area (Å²) in [7, 11) is 0. The number of carbonyl (C=O) groups excluding carboxylic acids is 2. The molecule has 2 heterocycles. The minimum absolute atomic E-state index is 0.0780. The van der Waals surface area contributed by atoms with Crippen molar-refractivity contribution in [3.05, 3.63) is 52.1 Å². The van der Waals surface area contributed by atoms with E-state index in [1.807, 2.05) is 27.7 Å². The Morgan fingerprint density at radius 1 is 1.25 bits per heavy atom. The zero-order chi connectivity index (χ0) is 23.6. The molecule has 0 fully saturated rings. The Kier molecular flexibility index (Phi) is 7.19. The van der Waals surface area contributed by atoms with Gasteiger partial charge in [-0.2, -0.15) is 0 Å². The van der Waals surface area contributed by atoms with E-state index in [4.69, 9.17) is 0 Å². The topological polar surface area (TPSA) is 66.4 Å². The van der Waals surface area contributed by atoms with Crippen molar-refractivity contribution < 1.29 is 14.0 Å². The molecule has 0 spiro atoms. The van der Waals surface area contributed by atoms with Crippen LogP contribution in [0.3, 0.4) is 0 Å². The number of halogens is 1. The standard InChI is InChI=1S/C25H33FN4O2/c1-7-29(8-2)12-11-27-25(32)23-16(5)22(30(15(3)4)17(23)6)14-20-19-13-18(26)9-10-21(19)28-24(20)31/h9-10,13-15H,7-8,11-12H2,1-6H3,(H,27,32)(H,28,31)/b20-14-. The number of nitrogens with zero attached hydrogens (tertiary/aromatic N) is 2. The molecule has 1 aromatic heterocycles. The summed E-state index contributed by atoms with van der Waals surface area (Å²) in [5.41, 5.74) is 4.60. The highest BCUT2D eigenvalue weighted by molar-refractivity contribution is 6.35. The van der Waals surface area contributed by atoms with Gasteiger partial charge < -0.3 is 20.1 Å². The summed E-state index contributed by atoms with van der Waals surface area (Å²) in [6.45, 7) is 15.4. The summed E-state index contributed by atoms with van der Waals surface area (Å²) in [5.74, 6) is -0.788. The molecule has 0 atom stereocenters. The van der Waals surface area contributed by atoms with Crippen molar-refractivity contribution in [2.45, 2.75) is 47.6 Å². The second-order valence-electron chi connectivity index (χ2n) is 8.42. The van der Waals surface area contributed by atoms with E-state index in [9.17, 15) is 14.0 Å². The molecule has 7 heteroatoms. The average molecular weight is 441 g/mol. The summed E-state index contributed by atoms with van der Waals surface area (Å²) in [4.78, 5) is 28.0. The first kappa shape index (κ1) is 23.7. The van der Waals surface area contributed by atoms with Gasteiger partial charge >= 0.3 is 0 Å². The lowest BCUT2D eigenvalue weighted by molar-refractivity contribution is -0.110. The lowest BCUT2D eigenvalue weighted by Crippen LogP contribution is -2.35. The van der Waals surface area contributed by atoms with Crippen molar-refractivity contribution in [3.8, 4) is 0 Å². The molecule has 2 aromatic rings. The van der Waals surface area contributed by atoms with Crippen LogP contribution < -0.4 is 10.6 Å². The fourth-order valence-corrected chi connectivity index (χ4v) is 4.46. The van der Waals surface area contributed by atoms with Crippen molar-refractivity contribution in [2.24, 2.45) is 0 Å². The average Bonchev–Trinajstić information content (AvgIpc) is 3.18. The zero-order valence-electron chi connectivity index (χ0n) is 19.8. The van der Waals surface area contributed by atoms with Gasteiger partial charge in [-0.05, 0) is 70.6 Å². The maximum atomic E-state index is 13.9. The van der Waals surface area contributed by atoms with Gasteiger partial charge in [0.05, 0.1) is 11.1 Å². The normalized spacial score (nSPS) is 14.4. The molecule has 2 amide bonds. The third-order valence-corrected chi connectivity index (χ3v) is 6.14. The highest BCUT2D eigenvalue weighted by Gasteiger charge is 2.28. The molecule has 2 N–H and O–H groups in total. The van der Waals surface area contributed by atoms with Gasteiger partial charge in [0.2, 0.25) is 0 Å². The third-order valence-electron chi connectivity index (χ3n) is 6.14. The van der Waals surface area contributed by atoms with Gasteiger partial charge in [-0.15, -0.1) is 0 Å². The van der Waals surface area contributed by atoms with Crippen LogP contribution in [0.2, 0.25) is 0 Å². The Morgan fingerprint density at radius 2 is 1.94 bits per heavy atom. The highest BCUT2D eigenvalue weighted by Crippen LogP contribution is 2.36. The number of anilines is 1. The van der Waals surface area contributed by atoms with Gasteiger partial charge in [0.15, 0.2) is 0 Å². The zero-order valence-corrected chi connectivity index (χ0v) is 19.8. The molecule has 0 saturated heterocycles. The summed E-state index contributed by atoms with van der Waals surface area (Å²) in [6, 6.07) is 4.34. The number of rotatable bonds is 8. The minimum atomic E-state index is -0.397. The van der Waals surface area contributed by atoms with Crippen LogP contribution in [0.4, 0.5) is 10.1 Å². The Hall–Kier alpha value is -2.93. The first-order valence-corrected chi connectivity index (χ1v) is 11.2. The number of likely N-dealkylation sites (N-methyl/N-ethyl adjacent to an activating group) is 1. The van der Waals surface area contributed by atoms with E-state index in [1.54, 1.807) is 12.1 Å². The van der Waals surface area contributed by atoms with E-state index in [-0.39, 0.29) is 17.9 Å². The second-order valence-corrected chi connectivity index (χ2v) is 8.42. The fourth-order valence-electron chi connectivity index (χ4n) is 4.46. The molecule has 6 nitrogen and oxygen atoms in total. The van der Waals surface area contributed by atoms with Gasteiger partial charge in [-0.3, -0.25) is 9.59 Å². The van der Waals surface area contributed by atoms with E-state index in [0.29, 0.717) is 28.9 Å². The van der Waals surface area contributed by atoms with E-state index in [2.05, 4.69) is 33.9 Å². The van der Waals surface area contributed by atoms with Gasteiger partial charge in [-0.25, -0.2) is 4.39 Å². The Bertz CT molecular complexity index is 1060. The molecule has 172 valence electrons. The first-order valence-electron chi connectivity index (χ1n) is 11.2. The van der Waals surface area contributed by atoms with Crippen LogP contribution in [-0.2, 0) is 4.79 Å². The third kappa shape index (κ3) is 4.48. The maximum Gasteiger partial charge on any atom is 0.256 e. The Labute approximate surface area is 189 Å². The number of benzene rings is 1.